The standard InChI is InChI=1S/C18H23ClN4S/c1-2-3-4-6-13-23-17(15-8-10-16(19)11-9-15)21-22-18(23)24-14-7-5-12-20/h8-11H,2-7,13-14H2,1H3. The fourth-order valence-corrected chi connectivity index (χ4v) is 3.45. The lowest BCUT2D eigenvalue weighted by molar-refractivity contribution is 0.556. The third kappa shape index (κ3) is 5.54. The van der Waals surface area contributed by atoms with Crippen molar-refractivity contribution in [2.75, 3.05) is 5.75 Å². The van der Waals surface area contributed by atoms with E-state index in [9.17, 15) is 0 Å². The van der Waals surface area contributed by atoms with E-state index in [1.54, 1.807) is 11.8 Å². The van der Waals surface area contributed by atoms with Crippen LogP contribution in [0.25, 0.3) is 11.4 Å². The summed E-state index contributed by atoms with van der Waals surface area (Å²) in [6, 6.07) is 9.92. The lowest BCUT2D eigenvalue weighted by Crippen LogP contribution is -2.03. The minimum atomic E-state index is 0.585. The first-order valence-electron chi connectivity index (χ1n) is 8.45. The molecule has 0 saturated heterocycles. The van der Waals surface area contributed by atoms with E-state index in [0.717, 1.165) is 46.7 Å². The average molecular weight is 363 g/mol. The molecule has 0 N–H and O–H groups in total. The van der Waals surface area contributed by atoms with Crippen LogP contribution in [-0.2, 0) is 6.54 Å². The molecule has 2 rings (SSSR count). The number of rotatable bonds is 10. The first kappa shape index (κ1) is 18.8. The van der Waals surface area contributed by atoms with Gasteiger partial charge in [0.1, 0.15) is 0 Å². The second-order valence-electron chi connectivity index (χ2n) is 5.64. The summed E-state index contributed by atoms with van der Waals surface area (Å²) in [5, 5.41) is 19.1. The Labute approximate surface area is 153 Å². The summed E-state index contributed by atoms with van der Waals surface area (Å²) in [6.45, 7) is 3.14. The van der Waals surface area contributed by atoms with Crippen LogP contribution < -0.4 is 0 Å². The molecule has 0 radical (unpaired) electrons. The van der Waals surface area contributed by atoms with Crippen molar-refractivity contribution in [1.82, 2.24) is 14.8 Å². The zero-order chi connectivity index (χ0) is 17.2. The second-order valence-corrected chi connectivity index (χ2v) is 7.13. The largest absolute Gasteiger partial charge is 0.302 e. The minimum absolute atomic E-state index is 0.585. The molecule has 0 unspecified atom stereocenters. The lowest BCUT2D eigenvalue weighted by Gasteiger charge is -2.10. The average Bonchev–Trinajstić information content (AvgIpc) is 2.99. The van der Waals surface area contributed by atoms with E-state index in [1.807, 2.05) is 24.3 Å². The quantitative estimate of drug-likeness (QED) is 0.409. The third-order valence-electron chi connectivity index (χ3n) is 3.72. The van der Waals surface area contributed by atoms with Gasteiger partial charge in [-0.05, 0) is 37.1 Å². The van der Waals surface area contributed by atoms with Crippen molar-refractivity contribution in [2.24, 2.45) is 0 Å². The molecular weight excluding hydrogens is 340 g/mol. The Morgan fingerprint density at radius 3 is 2.62 bits per heavy atom. The Morgan fingerprint density at radius 2 is 1.92 bits per heavy atom. The molecule has 0 aliphatic rings. The van der Waals surface area contributed by atoms with Crippen molar-refractivity contribution in [3.8, 4) is 17.5 Å². The molecule has 0 fully saturated rings. The first-order chi connectivity index (χ1) is 11.8. The minimum Gasteiger partial charge on any atom is -0.302 e. The zero-order valence-corrected chi connectivity index (χ0v) is 15.6. The molecular formula is C18H23ClN4S. The van der Waals surface area contributed by atoms with E-state index in [4.69, 9.17) is 16.9 Å². The first-order valence-corrected chi connectivity index (χ1v) is 9.81. The van der Waals surface area contributed by atoms with E-state index < -0.39 is 0 Å². The number of nitriles is 1. The van der Waals surface area contributed by atoms with E-state index in [-0.39, 0.29) is 0 Å². The third-order valence-corrected chi connectivity index (χ3v) is 5.02. The van der Waals surface area contributed by atoms with Gasteiger partial charge in [0.05, 0.1) is 6.07 Å². The number of hydrogen-bond acceptors (Lipinski definition) is 4. The number of benzene rings is 1. The molecule has 6 heteroatoms. The molecule has 128 valence electrons. The molecule has 1 aromatic heterocycles. The normalized spacial score (nSPS) is 10.7. The Bertz CT molecular complexity index is 661. The van der Waals surface area contributed by atoms with Crippen molar-refractivity contribution in [2.45, 2.75) is 57.1 Å². The van der Waals surface area contributed by atoms with Crippen LogP contribution >= 0.6 is 23.4 Å². The Hall–Kier alpha value is -1.51. The van der Waals surface area contributed by atoms with Crippen molar-refractivity contribution >= 4 is 23.4 Å². The SMILES string of the molecule is CCCCCCn1c(SCCCC#N)nnc1-c1ccc(Cl)cc1. The molecule has 24 heavy (non-hydrogen) atoms. The predicted octanol–water partition coefficient (Wildman–Crippen LogP) is 5.57. The number of nitrogens with zero attached hydrogens (tertiary/aromatic N) is 4. The van der Waals surface area contributed by atoms with Crippen LogP contribution in [0.2, 0.25) is 5.02 Å². The van der Waals surface area contributed by atoms with Gasteiger partial charge >= 0.3 is 0 Å². The predicted molar refractivity (Wildman–Crippen MR) is 100 cm³/mol. The molecule has 0 atom stereocenters. The monoisotopic (exact) mass is 362 g/mol. The van der Waals surface area contributed by atoms with Gasteiger partial charge in [-0.1, -0.05) is 49.5 Å². The number of aromatic nitrogens is 3. The van der Waals surface area contributed by atoms with Gasteiger partial charge in [-0.15, -0.1) is 10.2 Å². The maximum atomic E-state index is 8.66. The van der Waals surface area contributed by atoms with Crippen LogP contribution in [-0.4, -0.2) is 20.5 Å². The van der Waals surface area contributed by atoms with Crippen LogP contribution in [0.1, 0.15) is 45.4 Å². The molecule has 1 aromatic carbocycles. The fourth-order valence-electron chi connectivity index (χ4n) is 2.42. The van der Waals surface area contributed by atoms with Crippen molar-refractivity contribution in [1.29, 1.82) is 5.26 Å². The fraction of sp³-hybridized carbons (Fsp3) is 0.500. The summed E-state index contributed by atoms with van der Waals surface area (Å²) in [4.78, 5) is 0. The summed E-state index contributed by atoms with van der Waals surface area (Å²) in [7, 11) is 0. The number of hydrogen-bond donors (Lipinski definition) is 0. The molecule has 0 bridgehead atoms. The number of halogens is 1. The van der Waals surface area contributed by atoms with Gasteiger partial charge in [0.15, 0.2) is 11.0 Å². The summed E-state index contributed by atoms with van der Waals surface area (Å²) in [5.41, 5.74) is 1.03. The Morgan fingerprint density at radius 1 is 1.12 bits per heavy atom. The highest BCUT2D eigenvalue weighted by Gasteiger charge is 2.14. The molecule has 0 saturated carbocycles. The Kier molecular flexibility index (Phi) is 8.14. The highest BCUT2D eigenvalue weighted by molar-refractivity contribution is 7.99. The summed E-state index contributed by atoms with van der Waals surface area (Å²) < 4.78 is 2.20. The van der Waals surface area contributed by atoms with Crippen LogP contribution in [0.4, 0.5) is 0 Å². The number of thioether (sulfide) groups is 1. The zero-order valence-electron chi connectivity index (χ0n) is 14.0. The lowest BCUT2D eigenvalue weighted by atomic mass is 10.2. The Balaban J connectivity index is 2.14. The van der Waals surface area contributed by atoms with Crippen molar-refractivity contribution in [3.63, 3.8) is 0 Å². The van der Waals surface area contributed by atoms with Gasteiger partial charge < -0.3 is 4.57 Å². The summed E-state index contributed by atoms with van der Waals surface area (Å²) in [6.07, 6.45) is 6.28. The number of unbranched alkanes of at least 4 members (excludes halogenated alkanes) is 4. The van der Waals surface area contributed by atoms with Gasteiger partial charge in [-0.3, -0.25) is 0 Å². The second kappa shape index (κ2) is 10.4. The highest BCUT2D eigenvalue weighted by Crippen LogP contribution is 2.26. The van der Waals surface area contributed by atoms with E-state index in [2.05, 4.69) is 27.8 Å². The van der Waals surface area contributed by atoms with Gasteiger partial charge in [0, 0.05) is 29.3 Å². The van der Waals surface area contributed by atoms with Gasteiger partial charge in [-0.2, -0.15) is 5.26 Å². The molecule has 4 nitrogen and oxygen atoms in total. The van der Waals surface area contributed by atoms with Crippen LogP contribution in [0.3, 0.4) is 0 Å². The van der Waals surface area contributed by atoms with Gasteiger partial charge in [-0.25, -0.2) is 0 Å². The van der Waals surface area contributed by atoms with Crippen molar-refractivity contribution in [3.05, 3.63) is 29.3 Å². The van der Waals surface area contributed by atoms with Crippen molar-refractivity contribution < 1.29 is 0 Å². The van der Waals surface area contributed by atoms with E-state index in [1.165, 1.54) is 19.3 Å². The smallest absolute Gasteiger partial charge is 0.191 e. The molecule has 0 amide bonds. The van der Waals surface area contributed by atoms with Crippen LogP contribution in [0, 0.1) is 11.3 Å². The summed E-state index contributed by atoms with van der Waals surface area (Å²) >= 11 is 7.67. The molecule has 0 spiro atoms. The van der Waals surface area contributed by atoms with Gasteiger partial charge in [0.25, 0.3) is 0 Å². The maximum Gasteiger partial charge on any atom is 0.191 e. The summed E-state index contributed by atoms with van der Waals surface area (Å²) in [5.74, 6) is 1.78. The van der Waals surface area contributed by atoms with Crippen LogP contribution in [0.5, 0.6) is 0 Å². The highest BCUT2D eigenvalue weighted by atomic mass is 35.5. The van der Waals surface area contributed by atoms with Gasteiger partial charge in [0.2, 0.25) is 0 Å². The topological polar surface area (TPSA) is 54.5 Å². The molecule has 0 aliphatic heterocycles. The van der Waals surface area contributed by atoms with E-state index in [0.29, 0.717) is 6.42 Å². The van der Waals surface area contributed by atoms with Crippen LogP contribution in [0.15, 0.2) is 29.4 Å². The molecule has 2 aromatic rings. The molecule has 0 aliphatic carbocycles. The maximum absolute atomic E-state index is 8.66. The molecule has 1 heterocycles. The van der Waals surface area contributed by atoms with E-state index >= 15 is 0 Å².